The topological polar surface area (TPSA) is 102 Å². The van der Waals surface area contributed by atoms with Crippen molar-refractivity contribution in [2.75, 3.05) is 37.4 Å². The van der Waals surface area contributed by atoms with Crippen LogP contribution >= 0.6 is 0 Å². The number of fused-ring (bicyclic) bond motifs is 2. The number of hydrogen-bond acceptors (Lipinski definition) is 7. The lowest BCUT2D eigenvalue weighted by molar-refractivity contribution is 0.151. The van der Waals surface area contributed by atoms with E-state index in [1.165, 1.54) is 24.7 Å². The van der Waals surface area contributed by atoms with Crippen molar-refractivity contribution >= 4 is 39.7 Å². The number of anilines is 3. The maximum absolute atomic E-state index is 12.7. The van der Waals surface area contributed by atoms with Crippen molar-refractivity contribution in [3.05, 3.63) is 78.4 Å². The predicted molar refractivity (Wildman–Crippen MR) is 165 cm³/mol. The molecule has 10 heteroatoms. The summed E-state index contributed by atoms with van der Waals surface area (Å²) >= 11 is 0. The molecule has 1 aliphatic rings. The quantitative estimate of drug-likeness (QED) is 0.197. The summed E-state index contributed by atoms with van der Waals surface area (Å²) in [5, 5.41) is 16.4. The number of ether oxygens (including phenoxy) is 1. The number of nitrogens with one attached hydrogen (secondary N) is 2. The summed E-state index contributed by atoms with van der Waals surface area (Å²) in [4.78, 5) is 19.6. The van der Waals surface area contributed by atoms with E-state index in [0.717, 1.165) is 59.5 Å². The Morgan fingerprint density at radius 3 is 2.74 bits per heavy atom. The van der Waals surface area contributed by atoms with Gasteiger partial charge in [-0.25, -0.2) is 14.3 Å². The van der Waals surface area contributed by atoms with E-state index in [9.17, 15) is 4.79 Å². The van der Waals surface area contributed by atoms with E-state index < -0.39 is 6.09 Å². The number of amides is 1. The smallest absolute Gasteiger partial charge is 0.411 e. The highest BCUT2D eigenvalue weighted by Crippen LogP contribution is 2.31. The van der Waals surface area contributed by atoms with Crippen LogP contribution in [-0.2, 0) is 17.7 Å². The van der Waals surface area contributed by atoms with Crippen molar-refractivity contribution in [1.82, 2.24) is 29.3 Å². The first-order valence-electron chi connectivity index (χ1n) is 14.8. The Hall–Kier alpha value is -4.44. The molecule has 0 bridgehead atoms. The van der Waals surface area contributed by atoms with Gasteiger partial charge in [-0.1, -0.05) is 37.3 Å². The molecule has 0 radical (unpaired) electrons. The second kappa shape index (κ2) is 12.6. The molecule has 0 spiro atoms. The van der Waals surface area contributed by atoms with Gasteiger partial charge in [-0.15, -0.1) is 0 Å². The molecule has 42 heavy (non-hydrogen) atoms. The summed E-state index contributed by atoms with van der Waals surface area (Å²) in [6, 6.07) is 16.5. The highest BCUT2D eigenvalue weighted by atomic mass is 16.5. The second-order valence-electron chi connectivity index (χ2n) is 11.1. The fraction of sp³-hybridized carbons (Fsp3) is 0.375. The summed E-state index contributed by atoms with van der Waals surface area (Å²) in [5.74, 6) is 1.39. The number of nitrogens with zero attached hydrogens (tertiary/aromatic N) is 6. The minimum atomic E-state index is -0.440. The van der Waals surface area contributed by atoms with Gasteiger partial charge in [0, 0.05) is 16.6 Å². The molecule has 1 fully saturated rings. The maximum atomic E-state index is 12.7. The van der Waals surface area contributed by atoms with Gasteiger partial charge in [0.25, 0.3) is 0 Å². The minimum absolute atomic E-state index is 0.421. The molecule has 1 aliphatic heterocycles. The van der Waals surface area contributed by atoms with E-state index in [1.54, 1.807) is 4.52 Å². The zero-order valence-corrected chi connectivity index (χ0v) is 24.3. The first-order valence-corrected chi connectivity index (χ1v) is 14.8. The Balaban J connectivity index is 1.12. The molecule has 0 atom stereocenters. The number of carbonyl (C=O) groups excluding carboxylic acids is 1. The molecule has 2 aromatic carbocycles. The molecule has 0 aliphatic carbocycles. The fourth-order valence-corrected chi connectivity index (χ4v) is 5.85. The summed E-state index contributed by atoms with van der Waals surface area (Å²) in [7, 11) is 2.17. The molecule has 3 aromatic heterocycles. The molecule has 0 unspecified atom stereocenters. The van der Waals surface area contributed by atoms with E-state index in [4.69, 9.17) is 4.74 Å². The van der Waals surface area contributed by atoms with Gasteiger partial charge < -0.3 is 15.0 Å². The van der Waals surface area contributed by atoms with Crippen LogP contribution in [0.4, 0.5) is 22.0 Å². The highest BCUT2D eigenvalue weighted by Gasteiger charge is 2.19. The minimum Gasteiger partial charge on any atom is -0.449 e. The van der Waals surface area contributed by atoms with Gasteiger partial charge in [-0.2, -0.15) is 10.2 Å². The Labute approximate surface area is 245 Å². The van der Waals surface area contributed by atoms with Gasteiger partial charge >= 0.3 is 6.09 Å². The number of aromatic nitrogens is 5. The van der Waals surface area contributed by atoms with Crippen LogP contribution in [0.3, 0.4) is 0 Å². The van der Waals surface area contributed by atoms with Crippen molar-refractivity contribution in [2.24, 2.45) is 5.92 Å². The van der Waals surface area contributed by atoms with Crippen LogP contribution in [0.25, 0.3) is 16.4 Å². The lowest BCUT2D eigenvalue weighted by atomic mass is 9.93. The number of rotatable bonds is 10. The molecule has 2 N–H and O–H groups in total. The molecule has 4 heterocycles. The Morgan fingerprint density at radius 2 is 1.93 bits per heavy atom. The zero-order valence-electron chi connectivity index (χ0n) is 24.3. The predicted octanol–water partition coefficient (Wildman–Crippen LogP) is 6.10. The Morgan fingerprint density at radius 1 is 1.10 bits per heavy atom. The second-order valence-corrected chi connectivity index (χ2v) is 11.1. The SMILES string of the molecule is CCc1c(NC(=O)OCCCC2CCN(C)CC2)cn2ncnc(Nc3ccc4c(cnn4Cc4ccccc4)c3)c12. The third kappa shape index (κ3) is 6.23. The monoisotopic (exact) mass is 566 g/mol. The van der Waals surface area contributed by atoms with Crippen molar-refractivity contribution in [2.45, 2.75) is 45.6 Å². The normalized spacial score (nSPS) is 14.4. The van der Waals surface area contributed by atoms with Crippen LogP contribution in [0.2, 0.25) is 0 Å². The van der Waals surface area contributed by atoms with E-state index in [-0.39, 0.29) is 0 Å². The van der Waals surface area contributed by atoms with Gasteiger partial charge in [-0.3, -0.25) is 10.00 Å². The number of benzene rings is 2. The number of hydrogen-bond donors (Lipinski definition) is 2. The van der Waals surface area contributed by atoms with Gasteiger partial charge in [0.05, 0.1) is 36.7 Å². The van der Waals surface area contributed by atoms with Gasteiger partial charge in [0.15, 0.2) is 5.82 Å². The molecule has 1 amide bonds. The molecule has 1 saturated heterocycles. The van der Waals surface area contributed by atoms with Gasteiger partial charge in [-0.05, 0) is 81.9 Å². The highest BCUT2D eigenvalue weighted by molar-refractivity contribution is 5.91. The molecule has 5 aromatic rings. The molecule has 0 saturated carbocycles. The van der Waals surface area contributed by atoms with E-state index in [2.05, 4.69) is 69.0 Å². The summed E-state index contributed by atoms with van der Waals surface area (Å²) in [5.41, 5.74) is 5.60. The molecular weight excluding hydrogens is 528 g/mol. The van der Waals surface area contributed by atoms with Crippen LogP contribution in [-0.4, -0.2) is 62.1 Å². The van der Waals surface area contributed by atoms with Crippen molar-refractivity contribution in [3.8, 4) is 0 Å². The average Bonchev–Trinajstić information content (AvgIpc) is 3.57. The summed E-state index contributed by atoms with van der Waals surface area (Å²) in [6.45, 7) is 5.50. The first kappa shape index (κ1) is 27.7. The van der Waals surface area contributed by atoms with Crippen LogP contribution in [0, 0.1) is 5.92 Å². The van der Waals surface area contributed by atoms with Crippen molar-refractivity contribution < 1.29 is 9.53 Å². The summed E-state index contributed by atoms with van der Waals surface area (Å²) < 4.78 is 9.29. The maximum Gasteiger partial charge on any atom is 0.411 e. The number of carbonyl (C=O) groups is 1. The van der Waals surface area contributed by atoms with Crippen LogP contribution in [0.5, 0.6) is 0 Å². The first-order chi connectivity index (χ1) is 20.6. The van der Waals surface area contributed by atoms with E-state index in [0.29, 0.717) is 31.1 Å². The molecule has 6 rings (SSSR count). The zero-order chi connectivity index (χ0) is 28.9. The average molecular weight is 567 g/mol. The molecular formula is C32H38N8O2. The third-order valence-corrected chi connectivity index (χ3v) is 8.18. The number of aryl methyl sites for hydroxylation is 1. The van der Waals surface area contributed by atoms with E-state index >= 15 is 0 Å². The van der Waals surface area contributed by atoms with E-state index in [1.807, 2.05) is 41.3 Å². The molecule has 218 valence electrons. The lowest BCUT2D eigenvalue weighted by Crippen LogP contribution is -2.30. The fourth-order valence-electron chi connectivity index (χ4n) is 5.85. The van der Waals surface area contributed by atoms with Crippen LogP contribution < -0.4 is 10.6 Å². The van der Waals surface area contributed by atoms with Crippen molar-refractivity contribution in [3.63, 3.8) is 0 Å². The molecule has 10 nitrogen and oxygen atoms in total. The van der Waals surface area contributed by atoms with Crippen molar-refractivity contribution in [1.29, 1.82) is 0 Å². The lowest BCUT2D eigenvalue weighted by Gasteiger charge is -2.28. The number of likely N-dealkylation sites (tertiary alicyclic amines) is 1. The van der Waals surface area contributed by atoms with Gasteiger partial charge in [0.1, 0.15) is 11.8 Å². The van der Waals surface area contributed by atoms with Crippen LogP contribution in [0.1, 0.15) is 43.7 Å². The Bertz CT molecular complexity index is 1650. The van der Waals surface area contributed by atoms with Gasteiger partial charge in [0.2, 0.25) is 0 Å². The third-order valence-electron chi connectivity index (χ3n) is 8.18. The van der Waals surface area contributed by atoms with Crippen LogP contribution in [0.15, 0.2) is 67.3 Å². The largest absolute Gasteiger partial charge is 0.449 e. The standard InChI is InChI=1S/C32H38N8O2/c1-3-27-28(37-32(41)42-17-7-10-23-13-15-38(2)16-14-23)21-40-30(27)31(33-22-35-40)36-26-11-12-29-25(18-26)19-34-39(29)20-24-8-5-4-6-9-24/h4-6,8-9,11-12,18-19,21-23H,3,7,10,13-17,20H2,1-2H3,(H,37,41)(H,33,35,36). The number of piperidine rings is 1. The summed E-state index contributed by atoms with van der Waals surface area (Å²) in [6.07, 6.45) is 9.89. The Kier molecular flexibility index (Phi) is 8.32.